The number of rotatable bonds is 5. The Labute approximate surface area is 188 Å². The predicted octanol–water partition coefficient (Wildman–Crippen LogP) is 1.11. The zero-order valence-corrected chi connectivity index (χ0v) is 18.7. The summed E-state index contributed by atoms with van der Waals surface area (Å²) in [6.45, 7) is 2.44. The molecule has 0 spiro atoms. The van der Waals surface area contributed by atoms with Gasteiger partial charge in [0, 0.05) is 32.7 Å². The zero-order valence-electron chi connectivity index (χ0n) is 17.9. The Hall–Kier alpha value is -3.18. The molecule has 1 fully saturated rings. The molecule has 11 heteroatoms. The number of thiazole rings is 1. The number of carbonyl (C=O) groups excluding carboxylic acids is 4. The van der Waals surface area contributed by atoms with E-state index in [9.17, 15) is 19.2 Å². The molecule has 1 saturated heterocycles. The Morgan fingerprint density at radius 1 is 1.16 bits per heavy atom. The fraction of sp³-hybridized carbons (Fsp3) is 0.429. The first-order valence-electron chi connectivity index (χ1n) is 10.2. The summed E-state index contributed by atoms with van der Waals surface area (Å²) in [5.74, 6) is -0.932. The van der Waals surface area contributed by atoms with Gasteiger partial charge in [0.25, 0.3) is 11.8 Å². The Morgan fingerprint density at radius 3 is 2.47 bits per heavy atom. The number of hydrogen-bond donors (Lipinski definition) is 0. The smallest absolute Gasteiger partial charge is 0.289 e. The van der Waals surface area contributed by atoms with Crippen LogP contribution in [0.4, 0.5) is 0 Å². The van der Waals surface area contributed by atoms with Gasteiger partial charge in [0.2, 0.25) is 5.78 Å². The van der Waals surface area contributed by atoms with Crippen LogP contribution in [-0.4, -0.2) is 102 Å². The Morgan fingerprint density at radius 2 is 1.84 bits per heavy atom. The number of aromatic nitrogens is 1. The van der Waals surface area contributed by atoms with Gasteiger partial charge >= 0.3 is 0 Å². The molecular formula is C21H23N5O5S. The van der Waals surface area contributed by atoms with E-state index in [1.807, 2.05) is 19.0 Å². The van der Waals surface area contributed by atoms with Gasteiger partial charge in [0.05, 0.1) is 24.9 Å². The molecule has 0 radical (unpaired) electrons. The molecule has 3 heterocycles. The molecule has 168 valence electrons. The van der Waals surface area contributed by atoms with Gasteiger partial charge in [-0.15, -0.1) is 11.3 Å². The molecular weight excluding hydrogens is 434 g/mol. The first-order valence-corrected chi connectivity index (χ1v) is 11.1. The molecule has 0 aromatic carbocycles. The van der Waals surface area contributed by atoms with E-state index < -0.39 is 0 Å². The Bertz CT molecular complexity index is 1080. The van der Waals surface area contributed by atoms with Crippen LogP contribution in [-0.2, 0) is 0 Å². The van der Waals surface area contributed by atoms with Crippen molar-refractivity contribution in [3.05, 3.63) is 39.7 Å². The van der Waals surface area contributed by atoms with Gasteiger partial charge in [-0.3, -0.25) is 24.2 Å². The largest absolute Gasteiger partial charge is 0.459 e. The number of amides is 2. The number of fused-ring (bicyclic) bond motifs is 1. The second kappa shape index (κ2) is 9.13. The molecule has 0 bridgehead atoms. The molecule has 10 nitrogen and oxygen atoms in total. The lowest BCUT2D eigenvalue weighted by atomic mass is 9.98. The maximum atomic E-state index is 13.0. The lowest BCUT2D eigenvalue weighted by molar-refractivity contribution is 0.0518. The second-order valence-corrected chi connectivity index (χ2v) is 8.82. The number of carbonyl (C=O) groups is 4. The van der Waals surface area contributed by atoms with Gasteiger partial charge in [-0.05, 0) is 26.2 Å². The predicted molar refractivity (Wildman–Crippen MR) is 117 cm³/mol. The normalized spacial score (nSPS) is 17.9. The maximum absolute atomic E-state index is 13.0. The van der Waals surface area contributed by atoms with Crippen LogP contribution in [0.15, 0.2) is 27.8 Å². The molecule has 0 atom stereocenters. The topological polar surface area (TPSA) is 116 Å². The van der Waals surface area contributed by atoms with E-state index in [-0.39, 0.29) is 56.9 Å². The highest BCUT2D eigenvalue weighted by Crippen LogP contribution is 2.27. The average Bonchev–Trinajstić information content (AvgIpc) is 3.47. The van der Waals surface area contributed by atoms with Gasteiger partial charge in [0.1, 0.15) is 10.6 Å². The number of piperazine rings is 1. The van der Waals surface area contributed by atoms with Crippen LogP contribution in [0, 0.1) is 0 Å². The second-order valence-electron chi connectivity index (χ2n) is 7.82. The van der Waals surface area contributed by atoms with Gasteiger partial charge in [-0.2, -0.15) is 0 Å². The average molecular weight is 458 g/mol. The maximum Gasteiger partial charge on any atom is 0.289 e. The molecule has 2 aromatic heterocycles. The summed E-state index contributed by atoms with van der Waals surface area (Å²) in [5.41, 5.74) is 0.212. The van der Waals surface area contributed by atoms with Crippen molar-refractivity contribution < 1.29 is 23.6 Å². The highest BCUT2D eigenvalue weighted by Gasteiger charge is 2.36. The highest BCUT2D eigenvalue weighted by atomic mass is 32.1. The third-order valence-electron chi connectivity index (χ3n) is 5.30. The Kier molecular flexibility index (Phi) is 6.28. The SMILES string of the molecule is CN(C)CCN=C1CC(=O)c2sc(C(=O)N3CCN(C(=O)c4ccco4)CC3)nc2C1=O. The van der Waals surface area contributed by atoms with E-state index in [1.165, 1.54) is 6.26 Å². The van der Waals surface area contributed by atoms with E-state index >= 15 is 0 Å². The van der Waals surface area contributed by atoms with Crippen molar-refractivity contribution in [3.8, 4) is 0 Å². The number of hydrogen-bond acceptors (Lipinski definition) is 9. The van der Waals surface area contributed by atoms with Crippen molar-refractivity contribution in [1.29, 1.82) is 0 Å². The third kappa shape index (κ3) is 4.39. The lowest BCUT2D eigenvalue weighted by Crippen LogP contribution is -2.50. The lowest BCUT2D eigenvalue weighted by Gasteiger charge is -2.33. The van der Waals surface area contributed by atoms with Gasteiger partial charge in [0.15, 0.2) is 16.6 Å². The quantitative estimate of drug-likeness (QED) is 0.660. The van der Waals surface area contributed by atoms with Gasteiger partial charge in [-0.1, -0.05) is 0 Å². The number of likely N-dealkylation sites (N-methyl/N-ethyl adjacent to an activating group) is 1. The molecule has 0 unspecified atom stereocenters. The minimum atomic E-state index is -0.387. The standard InChI is InChI=1S/C21H23N5O5S/c1-24(2)6-5-22-13-12-14(27)18-16(17(13)28)23-19(32-18)21(30)26-9-7-25(8-10-26)20(29)15-4-3-11-31-15/h3-4,11H,5-10,12H2,1-2H3. The van der Waals surface area contributed by atoms with Crippen LogP contribution in [0.5, 0.6) is 0 Å². The van der Waals surface area contributed by atoms with Crippen LogP contribution in [0.2, 0.25) is 0 Å². The molecule has 2 aromatic rings. The molecule has 32 heavy (non-hydrogen) atoms. The van der Waals surface area contributed by atoms with Crippen molar-refractivity contribution in [2.45, 2.75) is 6.42 Å². The highest BCUT2D eigenvalue weighted by molar-refractivity contribution is 7.16. The first-order chi connectivity index (χ1) is 15.3. The van der Waals surface area contributed by atoms with Crippen LogP contribution in [0.25, 0.3) is 0 Å². The van der Waals surface area contributed by atoms with Crippen LogP contribution in [0.3, 0.4) is 0 Å². The summed E-state index contributed by atoms with van der Waals surface area (Å²) in [6.07, 6.45) is 1.38. The third-order valence-corrected chi connectivity index (χ3v) is 6.39. The fourth-order valence-electron chi connectivity index (χ4n) is 3.52. The monoisotopic (exact) mass is 457 g/mol. The van der Waals surface area contributed by atoms with E-state index in [4.69, 9.17) is 4.42 Å². The van der Waals surface area contributed by atoms with E-state index in [1.54, 1.807) is 21.9 Å². The summed E-state index contributed by atoms with van der Waals surface area (Å²) >= 11 is 0.953. The Balaban J connectivity index is 1.43. The van der Waals surface area contributed by atoms with Gasteiger partial charge < -0.3 is 19.1 Å². The van der Waals surface area contributed by atoms with Crippen LogP contribution in [0.1, 0.15) is 46.9 Å². The fourth-order valence-corrected chi connectivity index (χ4v) is 4.49. The number of ketones is 2. The molecule has 0 saturated carbocycles. The number of nitrogens with zero attached hydrogens (tertiary/aromatic N) is 5. The summed E-state index contributed by atoms with van der Waals surface area (Å²) in [5, 5.41) is 0.108. The summed E-state index contributed by atoms with van der Waals surface area (Å²) in [4.78, 5) is 64.5. The van der Waals surface area contributed by atoms with E-state index in [0.717, 1.165) is 11.3 Å². The van der Waals surface area contributed by atoms with Crippen molar-refractivity contribution >= 4 is 40.4 Å². The summed E-state index contributed by atoms with van der Waals surface area (Å²) in [7, 11) is 3.80. The molecule has 2 aliphatic rings. The summed E-state index contributed by atoms with van der Waals surface area (Å²) < 4.78 is 5.15. The molecule has 0 N–H and O–H groups in total. The van der Waals surface area contributed by atoms with Crippen LogP contribution < -0.4 is 0 Å². The zero-order chi connectivity index (χ0) is 22.8. The first kappa shape index (κ1) is 22.0. The minimum absolute atomic E-state index is 0.0184. The van der Waals surface area contributed by atoms with Crippen LogP contribution >= 0.6 is 11.3 Å². The number of aliphatic imine (C=N–C) groups is 1. The molecule has 1 aliphatic carbocycles. The number of Topliss-reactive ketones (excluding diaryl/α,β-unsaturated/α-hetero) is 2. The molecule has 2 amide bonds. The molecule has 1 aliphatic heterocycles. The molecule has 4 rings (SSSR count). The van der Waals surface area contributed by atoms with Crippen molar-refractivity contribution in [2.24, 2.45) is 4.99 Å². The van der Waals surface area contributed by atoms with E-state index in [2.05, 4.69) is 9.98 Å². The van der Waals surface area contributed by atoms with Crippen molar-refractivity contribution in [1.82, 2.24) is 19.7 Å². The van der Waals surface area contributed by atoms with E-state index in [0.29, 0.717) is 39.3 Å². The minimum Gasteiger partial charge on any atom is -0.459 e. The summed E-state index contributed by atoms with van der Waals surface area (Å²) in [6, 6.07) is 3.25. The number of furan rings is 1. The van der Waals surface area contributed by atoms with Crippen molar-refractivity contribution in [3.63, 3.8) is 0 Å². The van der Waals surface area contributed by atoms with Gasteiger partial charge in [-0.25, -0.2) is 4.98 Å². The van der Waals surface area contributed by atoms with Crippen molar-refractivity contribution in [2.75, 3.05) is 53.4 Å².